The second kappa shape index (κ2) is 7.07. The molecule has 0 aliphatic carbocycles. The molecule has 3 rings (SSSR count). The number of alkyl halides is 3. The van der Waals surface area contributed by atoms with Crippen LogP contribution >= 0.6 is 11.6 Å². The Bertz CT molecular complexity index is 957. The van der Waals surface area contributed by atoms with E-state index in [0.29, 0.717) is 29.5 Å². The van der Waals surface area contributed by atoms with Gasteiger partial charge in [-0.15, -0.1) is 5.10 Å². The first-order valence-corrected chi connectivity index (χ1v) is 8.33. The second-order valence-electron chi connectivity index (χ2n) is 5.95. The minimum absolute atomic E-state index is 0.244. The summed E-state index contributed by atoms with van der Waals surface area (Å²) in [7, 11) is 0. The lowest BCUT2D eigenvalue weighted by molar-refractivity contribution is -0.138. The van der Waals surface area contributed by atoms with Crippen LogP contribution in [0.4, 0.5) is 19.0 Å². The van der Waals surface area contributed by atoms with Crippen molar-refractivity contribution in [3.63, 3.8) is 0 Å². The van der Waals surface area contributed by atoms with Crippen LogP contribution in [0.5, 0.6) is 0 Å². The summed E-state index contributed by atoms with van der Waals surface area (Å²) >= 11 is 5.96. The summed E-state index contributed by atoms with van der Waals surface area (Å²) in [6, 6.07) is 5.92. The normalized spacial score (nSPS) is 11.8. The molecule has 0 aliphatic rings. The van der Waals surface area contributed by atoms with Gasteiger partial charge in [-0.05, 0) is 43.5 Å². The molecule has 0 bridgehead atoms. The minimum atomic E-state index is -4.35. The maximum absolute atomic E-state index is 13.0. The molecule has 26 heavy (non-hydrogen) atoms. The van der Waals surface area contributed by atoms with Gasteiger partial charge in [0.25, 0.3) is 0 Å². The lowest BCUT2D eigenvalue weighted by atomic mass is 10.00. The number of pyridine rings is 1. The molecule has 0 amide bonds. The number of hydrogen-bond donors (Lipinski definition) is 1. The Morgan fingerprint density at radius 1 is 1.12 bits per heavy atom. The molecule has 0 radical (unpaired) electrons. The van der Waals surface area contributed by atoms with E-state index in [1.54, 1.807) is 18.3 Å². The molecule has 0 aliphatic heterocycles. The van der Waals surface area contributed by atoms with E-state index >= 15 is 0 Å². The second-order valence-corrected chi connectivity index (χ2v) is 6.34. The van der Waals surface area contributed by atoms with Gasteiger partial charge in [0.2, 0.25) is 0 Å². The summed E-state index contributed by atoms with van der Waals surface area (Å²) in [5.41, 5.74) is 1.00. The predicted molar refractivity (Wildman–Crippen MR) is 95.5 cm³/mol. The van der Waals surface area contributed by atoms with Crippen LogP contribution in [0.3, 0.4) is 0 Å². The summed E-state index contributed by atoms with van der Waals surface area (Å²) < 4.78 is 39.0. The summed E-state index contributed by atoms with van der Waals surface area (Å²) in [5.74, 6) is 0.527. The first-order chi connectivity index (χ1) is 12.3. The summed E-state index contributed by atoms with van der Waals surface area (Å²) in [4.78, 5) is 4.04. The molecule has 4 nitrogen and oxygen atoms in total. The van der Waals surface area contributed by atoms with Gasteiger partial charge < -0.3 is 5.32 Å². The van der Waals surface area contributed by atoms with Gasteiger partial charge in [-0.2, -0.15) is 18.3 Å². The summed E-state index contributed by atoms with van der Waals surface area (Å²) in [6.45, 7) is 3.72. The SMILES string of the molecule is Cc1c(CCNc2nnc(C)c3cnc(Cl)cc23)cccc1C(F)(F)F. The van der Waals surface area contributed by atoms with Gasteiger partial charge in [0, 0.05) is 23.5 Å². The van der Waals surface area contributed by atoms with Crippen molar-refractivity contribution in [2.75, 3.05) is 11.9 Å². The quantitative estimate of drug-likeness (QED) is 0.649. The molecule has 0 unspecified atom stereocenters. The zero-order valence-electron chi connectivity index (χ0n) is 14.2. The fourth-order valence-electron chi connectivity index (χ4n) is 2.85. The molecule has 0 atom stereocenters. The third-order valence-electron chi connectivity index (χ3n) is 4.25. The third-order valence-corrected chi connectivity index (χ3v) is 4.46. The molecule has 2 aromatic heterocycles. The van der Waals surface area contributed by atoms with E-state index in [4.69, 9.17) is 11.6 Å². The number of nitrogens with zero attached hydrogens (tertiary/aromatic N) is 3. The Morgan fingerprint density at radius 2 is 1.88 bits per heavy atom. The number of rotatable bonds is 4. The molecule has 0 fully saturated rings. The van der Waals surface area contributed by atoms with Crippen LogP contribution in [0.2, 0.25) is 5.15 Å². The molecule has 0 saturated carbocycles. The van der Waals surface area contributed by atoms with Crippen molar-refractivity contribution >= 4 is 28.2 Å². The van der Waals surface area contributed by atoms with Gasteiger partial charge >= 0.3 is 6.18 Å². The smallest absolute Gasteiger partial charge is 0.368 e. The Kier molecular flexibility index (Phi) is 5.00. The predicted octanol–water partition coefficient (Wildman–Crippen LogP) is 4.97. The summed E-state index contributed by atoms with van der Waals surface area (Å²) in [6.07, 6.45) is -2.30. The third kappa shape index (κ3) is 3.72. The van der Waals surface area contributed by atoms with Crippen LogP contribution in [0, 0.1) is 13.8 Å². The van der Waals surface area contributed by atoms with Crippen LogP contribution in [0.25, 0.3) is 10.8 Å². The minimum Gasteiger partial charge on any atom is -0.368 e. The molecule has 1 N–H and O–H groups in total. The fourth-order valence-corrected chi connectivity index (χ4v) is 3.01. The Morgan fingerprint density at radius 3 is 2.62 bits per heavy atom. The average molecular weight is 381 g/mol. The van der Waals surface area contributed by atoms with Crippen molar-refractivity contribution in [1.29, 1.82) is 0 Å². The van der Waals surface area contributed by atoms with Crippen molar-refractivity contribution in [2.45, 2.75) is 26.4 Å². The van der Waals surface area contributed by atoms with Gasteiger partial charge in [0.15, 0.2) is 5.82 Å². The standard InChI is InChI=1S/C18H16ClF3N4/c1-10-12(4-3-5-15(10)18(20,21)22)6-7-23-17-13-8-16(19)24-9-14(13)11(2)25-26-17/h3-5,8-9H,6-7H2,1-2H3,(H,23,26). The van der Waals surface area contributed by atoms with E-state index in [1.165, 1.54) is 13.0 Å². The van der Waals surface area contributed by atoms with Gasteiger partial charge in [0.1, 0.15) is 5.15 Å². The largest absolute Gasteiger partial charge is 0.416 e. The number of aromatic nitrogens is 3. The van der Waals surface area contributed by atoms with E-state index < -0.39 is 11.7 Å². The molecule has 136 valence electrons. The molecule has 1 aromatic carbocycles. The van der Waals surface area contributed by atoms with Gasteiger partial charge in [0.05, 0.1) is 11.3 Å². The molecule has 0 spiro atoms. The molecular formula is C18H16ClF3N4. The Labute approximate surface area is 153 Å². The maximum Gasteiger partial charge on any atom is 0.416 e. The van der Waals surface area contributed by atoms with Gasteiger partial charge in [-0.1, -0.05) is 23.7 Å². The average Bonchev–Trinajstić information content (AvgIpc) is 2.57. The Balaban J connectivity index is 1.80. The highest BCUT2D eigenvalue weighted by Crippen LogP contribution is 2.33. The van der Waals surface area contributed by atoms with Crippen LogP contribution in [0.1, 0.15) is 22.4 Å². The van der Waals surface area contributed by atoms with Crippen molar-refractivity contribution in [2.24, 2.45) is 0 Å². The number of nitrogens with one attached hydrogen (secondary N) is 1. The molecular weight excluding hydrogens is 365 g/mol. The zero-order chi connectivity index (χ0) is 18.9. The first-order valence-electron chi connectivity index (χ1n) is 7.95. The molecule has 8 heteroatoms. The van der Waals surface area contributed by atoms with Crippen LogP contribution in [0.15, 0.2) is 30.5 Å². The Hall–Kier alpha value is -2.41. The van der Waals surface area contributed by atoms with E-state index in [1.807, 2.05) is 6.92 Å². The first kappa shape index (κ1) is 18.4. The van der Waals surface area contributed by atoms with Crippen molar-refractivity contribution in [3.05, 3.63) is 58.0 Å². The topological polar surface area (TPSA) is 50.7 Å². The number of benzene rings is 1. The highest BCUT2D eigenvalue weighted by atomic mass is 35.5. The lowest BCUT2D eigenvalue weighted by Crippen LogP contribution is -2.12. The summed E-state index contributed by atoms with van der Waals surface area (Å²) in [5, 5.41) is 13.3. The lowest BCUT2D eigenvalue weighted by Gasteiger charge is -2.14. The number of fused-ring (bicyclic) bond motifs is 1. The highest BCUT2D eigenvalue weighted by Gasteiger charge is 2.32. The van der Waals surface area contributed by atoms with E-state index in [9.17, 15) is 13.2 Å². The van der Waals surface area contributed by atoms with Crippen LogP contribution < -0.4 is 5.32 Å². The fraction of sp³-hybridized carbons (Fsp3) is 0.278. The molecule has 0 saturated heterocycles. The van der Waals surface area contributed by atoms with Crippen molar-refractivity contribution < 1.29 is 13.2 Å². The van der Waals surface area contributed by atoms with Gasteiger partial charge in [-0.25, -0.2) is 4.98 Å². The molecule has 3 aromatic rings. The van der Waals surface area contributed by atoms with Crippen molar-refractivity contribution in [3.8, 4) is 0 Å². The number of anilines is 1. The van der Waals surface area contributed by atoms with E-state index in [-0.39, 0.29) is 5.56 Å². The zero-order valence-corrected chi connectivity index (χ0v) is 14.9. The molecule has 2 heterocycles. The van der Waals surface area contributed by atoms with E-state index in [2.05, 4.69) is 20.5 Å². The van der Waals surface area contributed by atoms with Gasteiger partial charge in [-0.3, -0.25) is 0 Å². The highest BCUT2D eigenvalue weighted by molar-refractivity contribution is 6.30. The van der Waals surface area contributed by atoms with Crippen molar-refractivity contribution in [1.82, 2.24) is 15.2 Å². The number of hydrogen-bond acceptors (Lipinski definition) is 4. The maximum atomic E-state index is 13.0. The number of aryl methyl sites for hydroxylation is 1. The van der Waals surface area contributed by atoms with Crippen LogP contribution in [-0.2, 0) is 12.6 Å². The van der Waals surface area contributed by atoms with Crippen LogP contribution in [-0.4, -0.2) is 21.7 Å². The monoisotopic (exact) mass is 380 g/mol. The van der Waals surface area contributed by atoms with E-state index in [0.717, 1.165) is 22.5 Å². The number of halogens is 4.